The average Bonchev–Trinajstić information content (AvgIpc) is 2.73. The molecule has 2 rings (SSSR count). The van der Waals surface area contributed by atoms with Crippen LogP contribution in [0, 0.1) is 0 Å². The molecule has 2 atom stereocenters. The van der Waals surface area contributed by atoms with Gasteiger partial charge in [-0.15, -0.1) is 0 Å². The second-order valence-corrected chi connectivity index (χ2v) is 5.54. The van der Waals surface area contributed by atoms with Gasteiger partial charge in [0.05, 0.1) is 24.2 Å². The third-order valence-corrected chi connectivity index (χ3v) is 3.55. The van der Waals surface area contributed by atoms with Gasteiger partial charge in [-0.25, -0.2) is 4.98 Å². The van der Waals surface area contributed by atoms with E-state index < -0.39 is 0 Å². The standard InChI is InChI=1S/C14H26N4O/c1-12-9-18(10-13(2)19-12)6-4-5-15-7-14-8-16-11-17(14)3/h8,11-13,15H,4-7,9-10H2,1-3H3/t12-,13-/m0/s1. The minimum atomic E-state index is 0.367. The van der Waals surface area contributed by atoms with Gasteiger partial charge >= 0.3 is 0 Å². The molecular weight excluding hydrogens is 240 g/mol. The van der Waals surface area contributed by atoms with Crippen LogP contribution in [0.1, 0.15) is 26.0 Å². The van der Waals surface area contributed by atoms with Crippen molar-refractivity contribution in [3.63, 3.8) is 0 Å². The predicted octanol–water partition coefficient (Wildman–Crippen LogP) is 1.01. The number of hydrogen-bond acceptors (Lipinski definition) is 4. The van der Waals surface area contributed by atoms with Crippen LogP contribution < -0.4 is 5.32 Å². The van der Waals surface area contributed by atoms with Crippen molar-refractivity contribution in [1.82, 2.24) is 19.8 Å². The largest absolute Gasteiger partial charge is 0.373 e. The maximum Gasteiger partial charge on any atom is 0.0945 e. The number of nitrogens with zero attached hydrogens (tertiary/aromatic N) is 3. The van der Waals surface area contributed by atoms with Gasteiger partial charge in [0.25, 0.3) is 0 Å². The van der Waals surface area contributed by atoms with Gasteiger partial charge in [-0.3, -0.25) is 4.90 Å². The van der Waals surface area contributed by atoms with E-state index in [4.69, 9.17) is 4.74 Å². The van der Waals surface area contributed by atoms with E-state index in [-0.39, 0.29) is 0 Å². The molecule has 1 aromatic heterocycles. The Balaban J connectivity index is 1.58. The maximum absolute atomic E-state index is 5.74. The second-order valence-electron chi connectivity index (χ2n) is 5.54. The number of hydrogen-bond donors (Lipinski definition) is 1. The predicted molar refractivity (Wildman–Crippen MR) is 76.0 cm³/mol. The van der Waals surface area contributed by atoms with Crippen molar-refractivity contribution in [2.45, 2.75) is 39.0 Å². The second kappa shape index (κ2) is 7.03. The van der Waals surface area contributed by atoms with E-state index in [0.717, 1.165) is 32.7 Å². The summed E-state index contributed by atoms with van der Waals surface area (Å²) in [7, 11) is 2.03. The van der Waals surface area contributed by atoms with E-state index in [1.165, 1.54) is 12.1 Å². The first kappa shape index (κ1) is 14.5. The molecule has 2 heterocycles. The Morgan fingerprint density at radius 1 is 1.37 bits per heavy atom. The molecule has 19 heavy (non-hydrogen) atoms. The first-order valence-electron chi connectivity index (χ1n) is 7.19. The Morgan fingerprint density at radius 2 is 2.11 bits per heavy atom. The summed E-state index contributed by atoms with van der Waals surface area (Å²) in [5.41, 5.74) is 1.23. The van der Waals surface area contributed by atoms with Gasteiger partial charge in [0.2, 0.25) is 0 Å². The van der Waals surface area contributed by atoms with Crippen molar-refractivity contribution in [3.05, 3.63) is 18.2 Å². The molecule has 0 unspecified atom stereocenters. The summed E-state index contributed by atoms with van der Waals surface area (Å²) >= 11 is 0. The summed E-state index contributed by atoms with van der Waals surface area (Å²) < 4.78 is 7.79. The maximum atomic E-state index is 5.74. The minimum Gasteiger partial charge on any atom is -0.373 e. The molecule has 1 saturated heterocycles. The normalized spacial score (nSPS) is 24.8. The molecule has 0 aliphatic carbocycles. The fourth-order valence-electron chi connectivity index (χ4n) is 2.67. The van der Waals surface area contributed by atoms with Gasteiger partial charge in [0.1, 0.15) is 0 Å². The van der Waals surface area contributed by atoms with Crippen LogP contribution in [-0.2, 0) is 18.3 Å². The molecule has 5 heteroatoms. The number of morpholine rings is 1. The highest BCUT2D eigenvalue weighted by Crippen LogP contribution is 2.10. The number of imidazole rings is 1. The third kappa shape index (κ3) is 4.60. The van der Waals surface area contributed by atoms with E-state index >= 15 is 0 Å². The fourth-order valence-corrected chi connectivity index (χ4v) is 2.67. The Hall–Kier alpha value is -0.910. The van der Waals surface area contributed by atoms with Gasteiger partial charge in [0.15, 0.2) is 0 Å². The zero-order valence-electron chi connectivity index (χ0n) is 12.3. The minimum absolute atomic E-state index is 0.367. The molecule has 0 amide bonds. The summed E-state index contributed by atoms with van der Waals surface area (Å²) in [6, 6.07) is 0. The van der Waals surface area contributed by atoms with Crippen molar-refractivity contribution in [1.29, 1.82) is 0 Å². The summed E-state index contributed by atoms with van der Waals surface area (Å²) in [5.74, 6) is 0. The van der Waals surface area contributed by atoms with Gasteiger partial charge in [-0.2, -0.15) is 0 Å². The zero-order valence-corrected chi connectivity index (χ0v) is 12.3. The molecule has 108 valence electrons. The van der Waals surface area contributed by atoms with Gasteiger partial charge in [-0.05, 0) is 33.4 Å². The van der Waals surface area contributed by atoms with Gasteiger partial charge in [0, 0.05) is 32.9 Å². The van der Waals surface area contributed by atoms with Gasteiger partial charge < -0.3 is 14.6 Å². The highest BCUT2D eigenvalue weighted by atomic mass is 16.5. The highest BCUT2D eigenvalue weighted by molar-refractivity contribution is 4.96. The van der Waals surface area contributed by atoms with Crippen LogP contribution in [0.2, 0.25) is 0 Å². The van der Waals surface area contributed by atoms with Gasteiger partial charge in [-0.1, -0.05) is 0 Å². The van der Waals surface area contributed by atoms with E-state index in [0.29, 0.717) is 12.2 Å². The molecule has 1 aliphatic rings. The summed E-state index contributed by atoms with van der Waals surface area (Å²) in [6.45, 7) is 9.53. The molecule has 1 fully saturated rings. The molecular formula is C14H26N4O. The van der Waals surface area contributed by atoms with Crippen molar-refractivity contribution in [2.24, 2.45) is 7.05 Å². The highest BCUT2D eigenvalue weighted by Gasteiger charge is 2.21. The van der Waals surface area contributed by atoms with Crippen LogP contribution in [0.4, 0.5) is 0 Å². The smallest absolute Gasteiger partial charge is 0.0945 e. The van der Waals surface area contributed by atoms with E-state index in [2.05, 4.69) is 33.6 Å². The molecule has 5 nitrogen and oxygen atoms in total. The molecule has 1 aromatic rings. The van der Waals surface area contributed by atoms with Crippen molar-refractivity contribution < 1.29 is 4.74 Å². The van der Waals surface area contributed by atoms with Crippen LogP contribution in [-0.4, -0.2) is 52.8 Å². The quantitative estimate of drug-likeness (QED) is 0.780. The molecule has 1 N–H and O–H groups in total. The van der Waals surface area contributed by atoms with Crippen LogP contribution in [0.25, 0.3) is 0 Å². The first-order chi connectivity index (χ1) is 9.15. The topological polar surface area (TPSA) is 42.3 Å². The van der Waals surface area contributed by atoms with E-state index in [1.54, 1.807) is 0 Å². The van der Waals surface area contributed by atoms with Crippen LogP contribution in [0.5, 0.6) is 0 Å². The van der Waals surface area contributed by atoms with Crippen LogP contribution >= 0.6 is 0 Å². The Kier molecular flexibility index (Phi) is 5.36. The lowest BCUT2D eigenvalue weighted by Crippen LogP contribution is -2.46. The van der Waals surface area contributed by atoms with Crippen molar-refractivity contribution in [3.8, 4) is 0 Å². The van der Waals surface area contributed by atoms with E-state index in [1.807, 2.05) is 19.6 Å². The van der Waals surface area contributed by atoms with Crippen molar-refractivity contribution in [2.75, 3.05) is 26.2 Å². The molecule has 0 bridgehead atoms. The van der Waals surface area contributed by atoms with Crippen LogP contribution in [0.3, 0.4) is 0 Å². The number of rotatable bonds is 6. The monoisotopic (exact) mass is 266 g/mol. The number of aryl methyl sites for hydroxylation is 1. The molecule has 0 spiro atoms. The summed E-state index contributed by atoms with van der Waals surface area (Å²) in [5, 5.41) is 3.47. The molecule has 0 saturated carbocycles. The zero-order chi connectivity index (χ0) is 13.7. The van der Waals surface area contributed by atoms with Crippen molar-refractivity contribution >= 4 is 0 Å². The van der Waals surface area contributed by atoms with Crippen LogP contribution in [0.15, 0.2) is 12.5 Å². The van der Waals surface area contributed by atoms with E-state index in [9.17, 15) is 0 Å². The summed E-state index contributed by atoms with van der Waals surface area (Å²) in [6.07, 6.45) is 5.67. The third-order valence-electron chi connectivity index (χ3n) is 3.55. The Morgan fingerprint density at radius 3 is 2.74 bits per heavy atom. The molecule has 1 aliphatic heterocycles. The Labute approximate surface area is 116 Å². The summed E-state index contributed by atoms with van der Waals surface area (Å²) in [4.78, 5) is 6.62. The number of nitrogens with one attached hydrogen (secondary N) is 1. The lowest BCUT2D eigenvalue weighted by Gasteiger charge is -2.35. The fraction of sp³-hybridized carbons (Fsp3) is 0.786. The number of aromatic nitrogens is 2. The first-order valence-corrected chi connectivity index (χ1v) is 7.19. The SMILES string of the molecule is C[C@H]1CN(CCCNCc2cncn2C)C[C@H](C)O1. The molecule has 0 radical (unpaired) electrons. The lowest BCUT2D eigenvalue weighted by atomic mass is 10.2. The lowest BCUT2D eigenvalue weighted by molar-refractivity contribution is -0.0680. The number of ether oxygens (including phenoxy) is 1. The molecule has 0 aromatic carbocycles. The Bertz CT molecular complexity index is 369. The average molecular weight is 266 g/mol.